The maximum Gasteiger partial charge on any atom is 0.237 e. The number of halogens is 1. The maximum atomic E-state index is 11.5. The van der Waals surface area contributed by atoms with Crippen LogP contribution in [0.15, 0.2) is 30.3 Å². The molecular weight excluding hydrogens is 258 g/mol. The van der Waals surface area contributed by atoms with Crippen LogP contribution in [0.5, 0.6) is 0 Å². The molecule has 0 saturated carbocycles. The first kappa shape index (κ1) is 10.6. The first-order valence-corrected chi connectivity index (χ1v) is 5.61. The van der Waals surface area contributed by atoms with E-state index in [1.165, 1.54) is 0 Å². The van der Waals surface area contributed by atoms with Gasteiger partial charge in [0.05, 0.1) is 6.04 Å². The van der Waals surface area contributed by atoms with Crippen LogP contribution in [0.2, 0.25) is 0 Å². The van der Waals surface area contributed by atoms with E-state index in [1.807, 2.05) is 30.3 Å². The van der Waals surface area contributed by atoms with Crippen molar-refractivity contribution in [3.05, 3.63) is 35.9 Å². The fourth-order valence-corrected chi connectivity index (χ4v) is 2.22. The molecule has 1 saturated heterocycles. The SMILES string of the molecule is NC1NC(=O)C(Br)C(c2ccccc2)N1. The summed E-state index contributed by atoms with van der Waals surface area (Å²) in [4.78, 5) is 11.2. The van der Waals surface area contributed by atoms with Gasteiger partial charge in [-0.05, 0) is 5.56 Å². The van der Waals surface area contributed by atoms with Crippen molar-refractivity contribution in [1.82, 2.24) is 10.6 Å². The Balaban J connectivity index is 2.24. The number of amides is 1. The maximum absolute atomic E-state index is 11.5. The molecule has 1 aromatic carbocycles. The molecule has 1 aliphatic rings. The van der Waals surface area contributed by atoms with E-state index < -0.39 is 6.29 Å². The van der Waals surface area contributed by atoms with E-state index in [0.29, 0.717) is 0 Å². The van der Waals surface area contributed by atoms with Gasteiger partial charge in [-0.3, -0.25) is 15.8 Å². The minimum Gasteiger partial charge on any atom is -0.327 e. The molecule has 3 atom stereocenters. The Bertz CT molecular complexity index is 357. The number of hydrogen-bond donors (Lipinski definition) is 3. The van der Waals surface area contributed by atoms with Crippen LogP contribution in [0.25, 0.3) is 0 Å². The number of carbonyl (C=O) groups is 1. The summed E-state index contributed by atoms with van der Waals surface area (Å²) < 4.78 is 0. The summed E-state index contributed by atoms with van der Waals surface area (Å²) in [5.41, 5.74) is 6.70. The summed E-state index contributed by atoms with van der Waals surface area (Å²) in [5, 5.41) is 5.72. The molecule has 0 aliphatic carbocycles. The van der Waals surface area contributed by atoms with Gasteiger partial charge in [0, 0.05) is 0 Å². The van der Waals surface area contributed by atoms with E-state index in [4.69, 9.17) is 5.73 Å². The van der Waals surface area contributed by atoms with Gasteiger partial charge in [0.15, 0.2) is 0 Å². The molecule has 0 radical (unpaired) electrons. The lowest BCUT2D eigenvalue weighted by Crippen LogP contribution is -2.62. The summed E-state index contributed by atoms with van der Waals surface area (Å²) in [6, 6.07) is 9.67. The Labute approximate surface area is 96.4 Å². The van der Waals surface area contributed by atoms with E-state index >= 15 is 0 Å². The molecular formula is C10H12BrN3O. The molecule has 0 spiro atoms. The highest BCUT2D eigenvalue weighted by Crippen LogP contribution is 2.24. The second-order valence-electron chi connectivity index (χ2n) is 3.44. The summed E-state index contributed by atoms with van der Waals surface area (Å²) in [6.07, 6.45) is -0.489. The van der Waals surface area contributed by atoms with Crippen LogP contribution in [0.3, 0.4) is 0 Å². The number of hydrogen-bond acceptors (Lipinski definition) is 3. The smallest absolute Gasteiger partial charge is 0.237 e. The van der Waals surface area contributed by atoms with Crippen LogP contribution in [0, 0.1) is 0 Å². The van der Waals surface area contributed by atoms with Crippen LogP contribution in [-0.2, 0) is 4.79 Å². The van der Waals surface area contributed by atoms with Crippen LogP contribution in [0.4, 0.5) is 0 Å². The van der Waals surface area contributed by atoms with Crippen molar-refractivity contribution >= 4 is 21.8 Å². The van der Waals surface area contributed by atoms with Crippen molar-refractivity contribution in [3.63, 3.8) is 0 Å². The summed E-state index contributed by atoms with van der Waals surface area (Å²) in [7, 11) is 0. The van der Waals surface area contributed by atoms with Gasteiger partial charge in [0.2, 0.25) is 5.91 Å². The lowest BCUT2D eigenvalue weighted by Gasteiger charge is -2.33. The van der Waals surface area contributed by atoms with E-state index in [2.05, 4.69) is 26.6 Å². The molecule has 1 amide bonds. The molecule has 1 aliphatic heterocycles. The van der Waals surface area contributed by atoms with Gasteiger partial charge in [-0.1, -0.05) is 46.3 Å². The topological polar surface area (TPSA) is 67.1 Å². The standard InChI is InChI=1S/C10H12BrN3O/c11-7-8(6-4-2-1-3-5-6)13-10(12)14-9(7)15/h1-5,7-8,10,13H,12H2,(H,14,15). The molecule has 1 aromatic rings. The van der Waals surface area contributed by atoms with Gasteiger partial charge in [0.1, 0.15) is 11.1 Å². The van der Waals surface area contributed by atoms with E-state index in [-0.39, 0.29) is 16.8 Å². The Morgan fingerprint density at radius 2 is 1.93 bits per heavy atom. The lowest BCUT2D eigenvalue weighted by atomic mass is 10.0. The number of alkyl halides is 1. The van der Waals surface area contributed by atoms with Crippen molar-refractivity contribution < 1.29 is 4.79 Å². The van der Waals surface area contributed by atoms with Crippen molar-refractivity contribution in [3.8, 4) is 0 Å². The number of nitrogens with two attached hydrogens (primary N) is 1. The van der Waals surface area contributed by atoms with Gasteiger partial charge < -0.3 is 5.32 Å². The summed E-state index contributed by atoms with van der Waals surface area (Å²) in [5.74, 6) is -0.0879. The highest BCUT2D eigenvalue weighted by Gasteiger charge is 2.33. The second kappa shape index (κ2) is 4.30. The fraction of sp³-hybridized carbons (Fsp3) is 0.300. The van der Waals surface area contributed by atoms with Gasteiger partial charge >= 0.3 is 0 Å². The molecule has 15 heavy (non-hydrogen) atoms. The first-order valence-electron chi connectivity index (χ1n) is 4.69. The largest absolute Gasteiger partial charge is 0.327 e. The number of rotatable bonds is 1. The molecule has 2 rings (SSSR count). The van der Waals surface area contributed by atoms with Crippen molar-refractivity contribution in [1.29, 1.82) is 0 Å². The highest BCUT2D eigenvalue weighted by atomic mass is 79.9. The zero-order valence-corrected chi connectivity index (χ0v) is 9.57. The quantitative estimate of drug-likeness (QED) is 0.649. The second-order valence-corrected chi connectivity index (χ2v) is 4.43. The Morgan fingerprint density at radius 1 is 1.27 bits per heavy atom. The normalized spacial score (nSPS) is 31.1. The molecule has 1 fully saturated rings. The summed E-state index contributed by atoms with van der Waals surface area (Å²) in [6.45, 7) is 0. The van der Waals surface area contributed by atoms with Gasteiger partial charge in [-0.2, -0.15) is 0 Å². The fourth-order valence-electron chi connectivity index (χ4n) is 1.63. The van der Waals surface area contributed by atoms with Crippen molar-refractivity contribution in [2.24, 2.45) is 5.73 Å². The minimum atomic E-state index is -0.489. The molecule has 0 aromatic heterocycles. The third kappa shape index (κ3) is 2.19. The first-order chi connectivity index (χ1) is 7.18. The van der Waals surface area contributed by atoms with Gasteiger partial charge in [-0.15, -0.1) is 0 Å². The number of benzene rings is 1. The molecule has 5 heteroatoms. The average molecular weight is 270 g/mol. The predicted molar refractivity (Wildman–Crippen MR) is 61.2 cm³/mol. The van der Waals surface area contributed by atoms with Crippen LogP contribution in [0.1, 0.15) is 11.6 Å². The monoisotopic (exact) mass is 269 g/mol. The third-order valence-electron chi connectivity index (χ3n) is 2.36. The van der Waals surface area contributed by atoms with E-state index in [9.17, 15) is 4.79 Å². The van der Waals surface area contributed by atoms with Crippen LogP contribution >= 0.6 is 15.9 Å². The Hall–Kier alpha value is -0.910. The molecule has 3 unspecified atom stereocenters. The van der Waals surface area contributed by atoms with Gasteiger partial charge in [-0.25, -0.2) is 0 Å². The lowest BCUT2D eigenvalue weighted by molar-refractivity contribution is -0.123. The predicted octanol–water partition coefficient (Wildman–Crippen LogP) is 0.453. The Kier molecular flexibility index (Phi) is 3.04. The zero-order valence-electron chi connectivity index (χ0n) is 7.98. The Morgan fingerprint density at radius 3 is 2.60 bits per heavy atom. The molecule has 80 valence electrons. The van der Waals surface area contributed by atoms with E-state index in [1.54, 1.807) is 0 Å². The zero-order chi connectivity index (χ0) is 10.8. The average Bonchev–Trinajstić information content (AvgIpc) is 2.24. The summed E-state index contributed by atoms with van der Waals surface area (Å²) >= 11 is 3.35. The third-order valence-corrected chi connectivity index (χ3v) is 3.30. The number of nitrogens with one attached hydrogen (secondary N) is 2. The molecule has 0 bridgehead atoms. The van der Waals surface area contributed by atoms with Gasteiger partial charge in [0.25, 0.3) is 0 Å². The van der Waals surface area contributed by atoms with Crippen molar-refractivity contribution in [2.45, 2.75) is 17.2 Å². The van der Waals surface area contributed by atoms with E-state index in [0.717, 1.165) is 5.56 Å². The van der Waals surface area contributed by atoms with Crippen LogP contribution in [-0.4, -0.2) is 17.0 Å². The molecule has 1 heterocycles. The molecule has 4 N–H and O–H groups in total. The number of carbonyl (C=O) groups excluding carboxylic acids is 1. The highest BCUT2D eigenvalue weighted by molar-refractivity contribution is 9.10. The van der Waals surface area contributed by atoms with Crippen molar-refractivity contribution in [2.75, 3.05) is 0 Å². The van der Waals surface area contributed by atoms with Crippen LogP contribution < -0.4 is 16.4 Å². The minimum absolute atomic E-state index is 0.0879. The molecule has 4 nitrogen and oxygen atoms in total.